The van der Waals surface area contributed by atoms with Crippen molar-refractivity contribution in [3.05, 3.63) is 29.3 Å². The summed E-state index contributed by atoms with van der Waals surface area (Å²) in [5.41, 5.74) is 7.66. The van der Waals surface area contributed by atoms with Crippen molar-refractivity contribution in [3.63, 3.8) is 0 Å². The average molecular weight is 285 g/mol. The highest BCUT2D eigenvalue weighted by Gasteiger charge is 2.43. The Kier molecular flexibility index (Phi) is 4.19. The first-order valence-electron chi connectivity index (χ1n) is 7.81. The van der Waals surface area contributed by atoms with E-state index in [-0.39, 0.29) is 11.7 Å². The van der Waals surface area contributed by atoms with Crippen LogP contribution in [-0.4, -0.2) is 24.9 Å². The fourth-order valence-electron chi connectivity index (χ4n) is 3.19. The predicted octanol–water partition coefficient (Wildman–Crippen LogP) is 2.79. The molecule has 0 radical (unpaired) electrons. The molecule has 2 N–H and O–H groups in total. The minimum atomic E-state index is 0.128. The van der Waals surface area contributed by atoms with Crippen LogP contribution in [0.4, 0.5) is 0 Å². The molecule has 1 unspecified atom stereocenters. The van der Waals surface area contributed by atoms with Gasteiger partial charge >= 0.3 is 0 Å². The Hall–Kier alpha value is -1.50. The van der Waals surface area contributed by atoms with Gasteiger partial charge in [-0.1, -0.05) is 11.8 Å². The fraction of sp³-hybridized carbons (Fsp3) is 0.556. The van der Waals surface area contributed by atoms with Gasteiger partial charge in [-0.25, -0.2) is 0 Å². The van der Waals surface area contributed by atoms with Gasteiger partial charge in [-0.05, 0) is 49.9 Å². The van der Waals surface area contributed by atoms with Crippen molar-refractivity contribution in [2.75, 3.05) is 13.2 Å². The van der Waals surface area contributed by atoms with Crippen molar-refractivity contribution >= 4 is 0 Å². The van der Waals surface area contributed by atoms with Crippen molar-refractivity contribution in [1.29, 1.82) is 0 Å². The van der Waals surface area contributed by atoms with E-state index < -0.39 is 0 Å². The molecule has 1 aromatic rings. The van der Waals surface area contributed by atoms with Crippen LogP contribution in [0.5, 0.6) is 5.75 Å². The second-order valence-corrected chi connectivity index (χ2v) is 6.10. The summed E-state index contributed by atoms with van der Waals surface area (Å²) in [6, 6.07) is 6.10. The Morgan fingerprint density at radius 1 is 1.43 bits per heavy atom. The summed E-state index contributed by atoms with van der Waals surface area (Å²) in [4.78, 5) is 0. The Balaban J connectivity index is 1.67. The van der Waals surface area contributed by atoms with Gasteiger partial charge in [0.25, 0.3) is 0 Å². The summed E-state index contributed by atoms with van der Waals surface area (Å²) in [5.74, 6) is 6.90. The molecule has 21 heavy (non-hydrogen) atoms. The number of hydrogen-bond donors (Lipinski definition) is 1. The lowest BCUT2D eigenvalue weighted by Gasteiger charge is -2.47. The Labute approximate surface area is 126 Å². The minimum absolute atomic E-state index is 0.128. The quantitative estimate of drug-likeness (QED) is 0.850. The van der Waals surface area contributed by atoms with E-state index in [2.05, 4.69) is 24.8 Å². The molecule has 0 amide bonds. The maximum absolute atomic E-state index is 6.22. The van der Waals surface area contributed by atoms with Gasteiger partial charge in [-0.3, -0.25) is 0 Å². The second kappa shape index (κ2) is 6.09. The molecule has 1 heterocycles. The molecule has 1 aromatic carbocycles. The zero-order valence-corrected chi connectivity index (χ0v) is 12.7. The molecule has 2 aliphatic rings. The predicted molar refractivity (Wildman–Crippen MR) is 83.3 cm³/mol. The highest BCUT2D eigenvalue weighted by molar-refractivity contribution is 5.43. The molecule has 2 fully saturated rings. The lowest BCUT2D eigenvalue weighted by Crippen LogP contribution is -2.48. The number of rotatable bonds is 2. The summed E-state index contributed by atoms with van der Waals surface area (Å²) < 4.78 is 12.2. The van der Waals surface area contributed by atoms with Crippen molar-refractivity contribution in [2.24, 2.45) is 5.73 Å². The van der Waals surface area contributed by atoms with Gasteiger partial charge in [0.15, 0.2) is 0 Å². The lowest BCUT2D eigenvalue weighted by atomic mass is 9.74. The van der Waals surface area contributed by atoms with Crippen molar-refractivity contribution in [3.8, 4) is 17.6 Å². The Bertz CT molecular complexity index is 566. The molecule has 3 rings (SSSR count). The summed E-state index contributed by atoms with van der Waals surface area (Å²) >= 11 is 0. The first-order valence-corrected chi connectivity index (χ1v) is 7.81. The third-order valence-corrected chi connectivity index (χ3v) is 4.52. The first kappa shape index (κ1) is 14.4. The van der Waals surface area contributed by atoms with Gasteiger partial charge < -0.3 is 15.2 Å². The number of nitrogens with two attached hydrogens (primary N) is 1. The third-order valence-electron chi connectivity index (χ3n) is 4.52. The van der Waals surface area contributed by atoms with Gasteiger partial charge in [0, 0.05) is 18.4 Å². The highest BCUT2D eigenvalue weighted by atomic mass is 16.5. The van der Waals surface area contributed by atoms with Crippen LogP contribution in [0.25, 0.3) is 0 Å². The van der Waals surface area contributed by atoms with Crippen molar-refractivity contribution in [2.45, 2.75) is 50.7 Å². The van der Waals surface area contributed by atoms with E-state index in [1.54, 1.807) is 0 Å². The van der Waals surface area contributed by atoms with E-state index in [4.69, 9.17) is 15.2 Å². The number of benzene rings is 1. The standard InChI is InChI=1S/C18H23NO2/c1-14-12-15(4-2-10-19)5-6-17(14)21-16-7-11-20-18(13-16)8-3-9-18/h5-6,12,16H,3,7-11,13,19H2,1H3. The summed E-state index contributed by atoms with van der Waals surface area (Å²) in [6.45, 7) is 3.28. The molecule has 0 aromatic heterocycles. The molecule has 1 aliphatic carbocycles. The molecule has 1 spiro atoms. The van der Waals surface area contributed by atoms with Crippen molar-refractivity contribution in [1.82, 2.24) is 0 Å². The lowest BCUT2D eigenvalue weighted by molar-refractivity contribution is -0.153. The normalized spacial score (nSPS) is 23.0. The molecular formula is C18H23NO2. The van der Waals surface area contributed by atoms with Crippen LogP contribution in [0.3, 0.4) is 0 Å². The van der Waals surface area contributed by atoms with Crippen LogP contribution >= 0.6 is 0 Å². The zero-order valence-electron chi connectivity index (χ0n) is 12.7. The van der Waals surface area contributed by atoms with Gasteiger partial charge in [0.05, 0.1) is 18.8 Å². The van der Waals surface area contributed by atoms with E-state index >= 15 is 0 Å². The average Bonchev–Trinajstić information content (AvgIpc) is 2.46. The monoisotopic (exact) mass is 285 g/mol. The van der Waals surface area contributed by atoms with E-state index in [0.717, 1.165) is 36.3 Å². The van der Waals surface area contributed by atoms with Gasteiger partial charge in [0.2, 0.25) is 0 Å². The highest BCUT2D eigenvalue weighted by Crippen LogP contribution is 2.43. The van der Waals surface area contributed by atoms with Gasteiger partial charge in [-0.2, -0.15) is 0 Å². The van der Waals surface area contributed by atoms with Crippen LogP contribution < -0.4 is 10.5 Å². The SMILES string of the molecule is Cc1cc(C#CCN)ccc1OC1CCOC2(CCC2)C1. The number of hydrogen-bond acceptors (Lipinski definition) is 3. The maximum Gasteiger partial charge on any atom is 0.122 e. The summed E-state index contributed by atoms with van der Waals surface area (Å²) in [5, 5.41) is 0. The molecule has 1 saturated carbocycles. The Morgan fingerprint density at radius 3 is 2.95 bits per heavy atom. The second-order valence-electron chi connectivity index (χ2n) is 6.10. The van der Waals surface area contributed by atoms with Crippen LogP contribution in [0.2, 0.25) is 0 Å². The van der Waals surface area contributed by atoms with Crippen LogP contribution in [0.1, 0.15) is 43.2 Å². The molecule has 0 bridgehead atoms. The van der Waals surface area contributed by atoms with Crippen LogP contribution in [0.15, 0.2) is 18.2 Å². The van der Waals surface area contributed by atoms with Crippen LogP contribution in [-0.2, 0) is 4.74 Å². The molecule has 112 valence electrons. The van der Waals surface area contributed by atoms with Gasteiger partial charge in [0.1, 0.15) is 11.9 Å². The summed E-state index contributed by atoms with van der Waals surface area (Å²) in [6.07, 6.45) is 5.97. The molecule has 1 atom stereocenters. The van der Waals surface area contributed by atoms with E-state index in [1.807, 2.05) is 12.1 Å². The molecule has 1 aliphatic heterocycles. The topological polar surface area (TPSA) is 44.5 Å². The number of aryl methyl sites for hydroxylation is 1. The third kappa shape index (κ3) is 3.23. The maximum atomic E-state index is 6.22. The molecule has 3 nitrogen and oxygen atoms in total. The van der Waals surface area contributed by atoms with E-state index in [1.165, 1.54) is 19.3 Å². The Morgan fingerprint density at radius 2 is 2.29 bits per heavy atom. The van der Waals surface area contributed by atoms with E-state index in [0.29, 0.717) is 6.54 Å². The largest absolute Gasteiger partial charge is 0.490 e. The van der Waals surface area contributed by atoms with Crippen LogP contribution in [0, 0.1) is 18.8 Å². The number of ether oxygens (including phenoxy) is 2. The van der Waals surface area contributed by atoms with Crippen molar-refractivity contribution < 1.29 is 9.47 Å². The first-order chi connectivity index (χ1) is 10.2. The minimum Gasteiger partial charge on any atom is -0.490 e. The fourth-order valence-corrected chi connectivity index (χ4v) is 3.19. The van der Waals surface area contributed by atoms with E-state index in [9.17, 15) is 0 Å². The molecule has 3 heteroatoms. The zero-order chi connectivity index (χ0) is 14.7. The molecule has 1 saturated heterocycles. The summed E-state index contributed by atoms with van der Waals surface area (Å²) in [7, 11) is 0. The smallest absolute Gasteiger partial charge is 0.122 e. The van der Waals surface area contributed by atoms with Gasteiger partial charge in [-0.15, -0.1) is 0 Å². The molecular weight excluding hydrogens is 262 g/mol.